The lowest BCUT2D eigenvalue weighted by Crippen LogP contribution is -2.33. The molecule has 1 aliphatic rings. The maximum absolute atomic E-state index is 10.5. The van der Waals surface area contributed by atoms with Gasteiger partial charge in [-0.1, -0.05) is 44.2 Å². The highest BCUT2D eigenvalue weighted by molar-refractivity contribution is 7.98. The predicted molar refractivity (Wildman–Crippen MR) is 133 cm³/mol. The summed E-state index contributed by atoms with van der Waals surface area (Å²) in [5.74, 6) is 1.03. The van der Waals surface area contributed by atoms with E-state index in [2.05, 4.69) is 45.7 Å². The van der Waals surface area contributed by atoms with E-state index in [1.54, 1.807) is 18.7 Å². The number of thioether (sulfide) groups is 1. The summed E-state index contributed by atoms with van der Waals surface area (Å²) in [7, 11) is 2.00. The van der Waals surface area contributed by atoms with E-state index in [4.69, 9.17) is 4.74 Å². The number of epoxide rings is 1. The second-order valence-corrected chi connectivity index (χ2v) is 7.47. The quantitative estimate of drug-likeness (QED) is 0.251. The topological polar surface area (TPSA) is 80.0 Å². The van der Waals surface area contributed by atoms with Crippen LogP contribution in [0.1, 0.15) is 45.6 Å². The molecule has 1 saturated heterocycles. The Labute approximate surface area is 194 Å². The first-order valence-electron chi connectivity index (χ1n) is 11.2. The SMILES string of the molecule is CC.CCOC=O.CNCCCCc1ccccc1.CSCCC(C=O)NCC1CO1. The molecule has 1 aromatic rings. The number of aryl methyl sites for hydroxylation is 1. The number of benzene rings is 1. The molecular formula is C24H44N2O4S. The van der Waals surface area contributed by atoms with Crippen molar-refractivity contribution in [3.63, 3.8) is 0 Å². The molecule has 2 rings (SSSR count). The largest absolute Gasteiger partial charge is 0.468 e. The van der Waals surface area contributed by atoms with Crippen molar-refractivity contribution in [2.45, 2.75) is 58.6 Å². The van der Waals surface area contributed by atoms with Gasteiger partial charge in [0.05, 0.1) is 25.4 Å². The molecule has 6 nitrogen and oxygen atoms in total. The van der Waals surface area contributed by atoms with Gasteiger partial charge in [0, 0.05) is 6.54 Å². The normalized spacial score (nSPS) is 14.3. The monoisotopic (exact) mass is 456 g/mol. The van der Waals surface area contributed by atoms with E-state index in [1.807, 2.05) is 27.2 Å². The second kappa shape index (κ2) is 26.6. The molecule has 180 valence electrons. The molecule has 0 radical (unpaired) electrons. The number of carbonyl (C=O) groups excluding carboxylic acids is 2. The molecule has 2 N–H and O–H groups in total. The molecule has 0 aromatic heterocycles. The standard InChI is InChI=1S/C11H17N.C8H15NO2S.C3H6O2.C2H6/c1-12-10-6-5-9-11-7-3-2-4-8-11;1-12-3-2-7(5-10)9-4-8-6-11-8;1-2-5-3-4;1-2/h2-4,7-8,12H,5-6,9-10H2,1H3;5,7-9H,2-4,6H2,1H3;3H,2H2,1H3;1-2H3. The van der Waals surface area contributed by atoms with Gasteiger partial charge in [-0.15, -0.1) is 0 Å². The summed E-state index contributed by atoms with van der Waals surface area (Å²) in [5, 5.41) is 6.31. The Morgan fingerprint density at radius 3 is 2.35 bits per heavy atom. The maximum atomic E-state index is 10.5. The second-order valence-electron chi connectivity index (χ2n) is 6.49. The number of nitrogens with one attached hydrogen (secondary N) is 2. The Morgan fingerprint density at radius 1 is 1.23 bits per heavy atom. The van der Waals surface area contributed by atoms with E-state index in [-0.39, 0.29) is 6.04 Å². The highest BCUT2D eigenvalue weighted by atomic mass is 32.2. The smallest absolute Gasteiger partial charge is 0.293 e. The Kier molecular flexibility index (Phi) is 27.3. The van der Waals surface area contributed by atoms with Crippen LogP contribution in [0.2, 0.25) is 0 Å². The lowest BCUT2D eigenvalue weighted by molar-refractivity contribution is -0.128. The van der Waals surface area contributed by atoms with E-state index >= 15 is 0 Å². The molecule has 1 aromatic carbocycles. The highest BCUT2D eigenvalue weighted by Gasteiger charge is 2.22. The van der Waals surface area contributed by atoms with Gasteiger partial charge >= 0.3 is 0 Å². The van der Waals surface area contributed by atoms with E-state index in [0.29, 0.717) is 19.2 Å². The van der Waals surface area contributed by atoms with Crippen molar-refractivity contribution in [3.05, 3.63) is 35.9 Å². The van der Waals surface area contributed by atoms with Gasteiger partial charge in [-0.3, -0.25) is 4.79 Å². The summed E-state index contributed by atoms with van der Waals surface area (Å²) in [4.78, 5) is 19.7. The molecule has 1 heterocycles. The molecule has 31 heavy (non-hydrogen) atoms. The number of ether oxygens (including phenoxy) is 2. The van der Waals surface area contributed by atoms with Crippen LogP contribution in [-0.4, -0.2) is 70.3 Å². The van der Waals surface area contributed by atoms with Crippen molar-refractivity contribution >= 4 is 24.5 Å². The first kappa shape index (κ1) is 31.8. The van der Waals surface area contributed by atoms with Crippen molar-refractivity contribution in [3.8, 4) is 0 Å². The number of hydrogen-bond donors (Lipinski definition) is 2. The van der Waals surface area contributed by atoms with E-state index in [0.717, 1.165) is 38.2 Å². The van der Waals surface area contributed by atoms with Crippen molar-refractivity contribution in [2.75, 3.05) is 45.4 Å². The zero-order valence-electron chi connectivity index (χ0n) is 20.1. The van der Waals surface area contributed by atoms with Gasteiger partial charge in [-0.25, -0.2) is 0 Å². The third-order valence-corrected chi connectivity index (χ3v) is 4.67. The summed E-state index contributed by atoms with van der Waals surface area (Å²) < 4.78 is 9.18. The minimum Gasteiger partial charge on any atom is -0.468 e. The van der Waals surface area contributed by atoms with E-state index in [9.17, 15) is 9.59 Å². The van der Waals surface area contributed by atoms with Crippen molar-refractivity contribution in [1.29, 1.82) is 0 Å². The van der Waals surface area contributed by atoms with Gasteiger partial charge in [-0.2, -0.15) is 11.8 Å². The third kappa shape index (κ3) is 24.7. The summed E-state index contributed by atoms with van der Waals surface area (Å²) in [6.07, 6.45) is 8.07. The fourth-order valence-electron chi connectivity index (χ4n) is 2.28. The molecule has 1 fully saturated rings. The van der Waals surface area contributed by atoms with Gasteiger partial charge in [0.2, 0.25) is 0 Å². The predicted octanol–water partition coefficient (Wildman–Crippen LogP) is 3.73. The average molecular weight is 457 g/mol. The van der Waals surface area contributed by atoms with Crippen LogP contribution < -0.4 is 10.6 Å². The molecule has 2 unspecified atom stereocenters. The van der Waals surface area contributed by atoms with Crippen LogP contribution in [0.25, 0.3) is 0 Å². The number of unbranched alkanes of at least 4 members (excludes halogenated alkanes) is 1. The zero-order valence-corrected chi connectivity index (χ0v) is 20.9. The van der Waals surface area contributed by atoms with Gasteiger partial charge in [0.1, 0.15) is 6.29 Å². The van der Waals surface area contributed by atoms with E-state index < -0.39 is 0 Å². The third-order valence-electron chi connectivity index (χ3n) is 4.03. The van der Waals surface area contributed by atoms with Crippen molar-refractivity contribution in [1.82, 2.24) is 10.6 Å². The zero-order chi connectivity index (χ0) is 23.6. The first-order chi connectivity index (χ1) is 15.2. The highest BCUT2D eigenvalue weighted by Crippen LogP contribution is 2.07. The molecule has 0 spiro atoms. The molecule has 0 saturated carbocycles. The minimum absolute atomic E-state index is 0.0154. The number of carbonyl (C=O) groups is 2. The van der Waals surface area contributed by atoms with Gasteiger partial charge < -0.3 is 24.9 Å². The molecule has 7 heteroatoms. The maximum Gasteiger partial charge on any atom is 0.293 e. The fourth-order valence-corrected chi connectivity index (χ4v) is 2.77. The summed E-state index contributed by atoms with van der Waals surface area (Å²) >= 11 is 1.77. The Balaban J connectivity index is 0. The van der Waals surface area contributed by atoms with Gasteiger partial charge in [-0.05, 0) is 63.8 Å². The molecular weight excluding hydrogens is 412 g/mol. The molecule has 1 aliphatic heterocycles. The number of hydrogen-bond acceptors (Lipinski definition) is 7. The van der Waals surface area contributed by atoms with Gasteiger partial charge in [0.25, 0.3) is 6.47 Å². The van der Waals surface area contributed by atoms with Crippen molar-refractivity contribution < 1.29 is 19.1 Å². The fraction of sp³-hybridized carbons (Fsp3) is 0.667. The Morgan fingerprint density at radius 2 is 1.90 bits per heavy atom. The van der Waals surface area contributed by atoms with Crippen LogP contribution in [0.15, 0.2) is 30.3 Å². The van der Waals surface area contributed by atoms with Crippen LogP contribution in [-0.2, 0) is 25.5 Å². The van der Waals surface area contributed by atoms with Crippen LogP contribution in [0, 0.1) is 0 Å². The van der Waals surface area contributed by atoms with Crippen molar-refractivity contribution in [2.24, 2.45) is 0 Å². The van der Waals surface area contributed by atoms with Crippen LogP contribution in [0.4, 0.5) is 0 Å². The lowest BCUT2D eigenvalue weighted by atomic mass is 10.1. The number of rotatable bonds is 14. The van der Waals surface area contributed by atoms with Crippen LogP contribution in [0.5, 0.6) is 0 Å². The molecule has 0 bridgehead atoms. The average Bonchev–Trinajstić information content (AvgIpc) is 3.65. The summed E-state index contributed by atoms with van der Waals surface area (Å²) in [5.41, 5.74) is 1.45. The molecule has 2 atom stereocenters. The summed E-state index contributed by atoms with van der Waals surface area (Å²) in [6.45, 7) is 9.46. The first-order valence-corrected chi connectivity index (χ1v) is 12.6. The van der Waals surface area contributed by atoms with Crippen LogP contribution in [0.3, 0.4) is 0 Å². The Bertz CT molecular complexity index is 488. The Hall–Kier alpha value is -1.41. The van der Waals surface area contributed by atoms with Crippen LogP contribution >= 0.6 is 11.8 Å². The van der Waals surface area contributed by atoms with E-state index in [1.165, 1.54) is 24.8 Å². The number of aldehydes is 1. The summed E-state index contributed by atoms with van der Waals surface area (Å²) in [6, 6.07) is 10.7. The lowest BCUT2D eigenvalue weighted by Gasteiger charge is -2.09. The minimum atomic E-state index is 0.0154. The molecule has 0 aliphatic carbocycles. The molecule has 0 amide bonds. The van der Waals surface area contributed by atoms with Gasteiger partial charge in [0.15, 0.2) is 0 Å².